The van der Waals surface area contributed by atoms with Crippen LogP contribution in [-0.4, -0.2) is 24.1 Å². The van der Waals surface area contributed by atoms with Gasteiger partial charge in [0, 0.05) is 30.3 Å². The molecule has 2 rings (SSSR count). The third-order valence-electron chi connectivity index (χ3n) is 3.62. The predicted octanol–water partition coefficient (Wildman–Crippen LogP) is 1.44. The molecule has 1 aliphatic rings. The van der Waals surface area contributed by atoms with E-state index in [9.17, 15) is 9.90 Å². The number of benzene rings is 1. The number of hydrogen-bond donors (Lipinski definition) is 2. The monoisotopic (exact) mass is 248 g/mol. The van der Waals surface area contributed by atoms with E-state index in [4.69, 9.17) is 5.73 Å². The van der Waals surface area contributed by atoms with Gasteiger partial charge in [-0.25, -0.2) is 0 Å². The van der Waals surface area contributed by atoms with Crippen LogP contribution in [0, 0.1) is 5.92 Å². The van der Waals surface area contributed by atoms with Crippen LogP contribution in [0.15, 0.2) is 24.3 Å². The Bertz CT molecular complexity index is 424. The minimum absolute atomic E-state index is 0.0000350. The van der Waals surface area contributed by atoms with Crippen LogP contribution in [-0.2, 0) is 4.79 Å². The number of carbonyl (C=O) groups is 1. The van der Waals surface area contributed by atoms with Gasteiger partial charge in [-0.15, -0.1) is 0 Å². The first-order chi connectivity index (χ1) is 8.59. The Morgan fingerprint density at radius 1 is 1.39 bits per heavy atom. The van der Waals surface area contributed by atoms with E-state index in [-0.39, 0.29) is 11.8 Å². The second kappa shape index (κ2) is 5.40. The van der Waals surface area contributed by atoms with Crippen molar-refractivity contribution in [1.82, 2.24) is 0 Å². The standard InChI is InChI=1S/C14H20N2O2/c1-10(17)12-4-2-3-5-13(12)16-8-6-11(7-9-16)14(15)18/h2-5,10-11,17H,6-9H2,1H3,(H2,15,18)/t10-/m0/s1. The summed E-state index contributed by atoms with van der Waals surface area (Å²) in [5, 5.41) is 9.77. The minimum Gasteiger partial charge on any atom is -0.389 e. The third kappa shape index (κ3) is 2.64. The Labute approximate surface area is 107 Å². The third-order valence-corrected chi connectivity index (χ3v) is 3.62. The van der Waals surface area contributed by atoms with Crippen molar-refractivity contribution in [2.45, 2.75) is 25.9 Å². The molecule has 1 aromatic rings. The second-order valence-electron chi connectivity index (χ2n) is 4.90. The predicted molar refractivity (Wildman–Crippen MR) is 71.2 cm³/mol. The molecule has 1 heterocycles. The molecule has 0 spiro atoms. The van der Waals surface area contributed by atoms with Crippen LogP contribution in [0.3, 0.4) is 0 Å². The van der Waals surface area contributed by atoms with Gasteiger partial charge in [0.25, 0.3) is 0 Å². The van der Waals surface area contributed by atoms with E-state index < -0.39 is 6.10 Å². The zero-order chi connectivity index (χ0) is 13.1. The molecule has 1 fully saturated rings. The summed E-state index contributed by atoms with van der Waals surface area (Å²) in [6.45, 7) is 3.41. The second-order valence-corrected chi connectivity index (χ2v) is 4.90. The van der Waals surface area contributed by atoms with Crippen molar-refractivity contribution in [2.24, 2.45) is 11.7 Å². The molecule has 98 valence electrons. The molecular weight excluding hydrogens is 228 g/mol. The van der Waals surface area contributed by atoms with Crippen molar-refractivity contribution >= 4 is 11.6 Å². The molecule has 0 aromatic heterocycles. The molecule has 0 unspecified atom stereocenters. The summed E-state index contributed by atoms with van der Waals surface area (Å²) < 4.78 is 0. The maximum Gasteiger partial charge on any atom is 0.220 e. The first-order valence-corrected chi connectivity index (χ1v) is 6.41. The van der Waals surface area contributed by atoms with Crippen LogP contribution < -0.4 is 10.6 Å². The lowest BCUT2D eigenvalue weighted by molar-refractivity contribution is -0.122. The van der Waals surface area contributed by atoms with Gasteiger partial charge in [-0.1, -0.05) is 18.2 Å². The van der Waals surface area contributed by atoms with Gasteiger partial charge in [-0.3, -0.25) is 4.79 Å². The number of piperidine rings is 1. The number of para-hydroxylation sites is 1. The van der Waals surface area contributed by atoms with E-state index in [2.05, 4.69) is 4.90 Å². The summed E-state index contributed by atoms with van der Waals surface area (Å²) in [7, 11) is 0. The maximum atomic E-state index is 11.1. The van der Waals surface area contributed by atoms with Crippen LogP contribution in [0.5, 0.6) is 0 Å². The summed E-state index contributed by atoms with van der Waals surface area (Å²) in [6, 6.07) is 7.87. The fourth-order valence-electron chi connectivity index (χ4n) is 2.53. The molecule has 1 atom stereocenters. The summed E-state index contributed by atoms with van der Waals surface area (Å²) in [6.07, 6.45) is 1.11. The molecular formula is C14H20N2O2. The molecule has 4 nitrogen and oxygen atoms in total. The highest BCUT2D eigenvalue weighted by Crippen LogP contribution is 2.29. The fraction of sp³-hybridized carbons (Fsp3) is 0.500. The van der Waals surface area contributed by atoms with Gasteiger partial charge in [0.15, 0.2) is 0 Å². The number of primary amides is 1. The molecule has 4 heteroatoms. The number of carbonyl (C=O) groups excluding carboxylic acids is 1. The smallest absolute Gasteiger partial charge is 0.220 e. The van der Waals surface area contributed by atoms with E-state index in [0.717, 1.165) is 37.2 Å². The van der Waals surface area contributed by atoms with Crippen LogP contribution >= 0.6 is 0 Å². The number of rotatable bonds is 3. The van der Waals surface area contributed by atoms with Gasteiger partial charge in [0.2, 0.25) is 5.91 Å². The zero-order valence-electron chi connectivity index (χ0n) is 10.7. The number of anilines is 1. The van der Waals surface area contributed by atoms with Crippen LogP contribution in [0.1, 0.15) is 31.4 Å². The van der Waals surface area contributed by atoms with Crippen molar-refractivity contribution < 1.29 is 9.90 Å². The lowest BCUT2D eigenvalue weighted by atomic mass is 9.95. The van der Waals surface area contributed by atoms with Crippen LogP contribution in [0.2, 0.25) is 0 Å². The van der Waals surface area contributed by atoms with E-state index in [1.807, 2.05) is 24.3 Å². The number of nitrogens with two attached hydrogens (primary N) is 1. The quantitative estimate of drug-likeness (QED) is 0.850. The van der Waals surface area contributed by atoms with E-state index in [0.29, 0.717) is 0 Å². The van der Waals surface area contributed by atoms with Gasteiger partial charge >= 0.3 is 0 Å². The number of amides is 1. The zero-order valence-corrected chi connectivity index (χ0v) is 10.7. The largest absolute Gasteiger partial charge is 0.389 e. The number of nitrogens with zero attached hydrogens (tertiary/aromatic N) is 1. The van der Waals surface area contributed by atoms with Crippen LogP contribution in [0.4, 0.5) is 5.69 Å². The Morgan fingerprint density at radius 2 is 2.00 bits per heavy atom. The Balaban J connectivity index is 2.12. The number of aliphatic hydroxyl groups is 1. The highest BCUT2D eigenvalue weighted by molar-refractivity contribution is 5.77. The van der Waals surface area contributed by atoms with Crippen LogP contribution in [0.25, 0.3) is 0 Å². The van der Waals surface area contributed by atoms with Gasteiger partial charge in [0.1, 0.15) is 0 Å². The first-order valence-electron chi connectivity index (χ1n) is 6.41. The van der Waals surface area contributed by atoms with Crippen molar-refractivity contribution in [3.8, 4) is 0 Å². The van der Waals surface area contributed by atoms with Crippen molar-refractivity contribution in [3.63, 3.8) is 0 Å². The normalized spacial score (nSPS) is 18.7. The van der Waals surface area contributed by atoms with Gasteiger partial charge in [-0.05, 0) is 25.8 Å². The lowest BCUT2D eigenvalue weighted by Gasteiger charge is -2.34. The highest BCUT2D eigenvalue weighted by atomic mass is 16.3. The molecule has 1 saturated heterocycles. The molecule has 3 N–H and O–H groups in total. The molecule has 0 aliphatic carbocycles. The summed E-state index contributed by atoms with van der Waals surface area (Å²) >= 11 is 0. The molecule has 0 saturated carbocycles. The Hall–Kier alpha value is -1.55. The molecule has 1 aromatic carbocycles. The first kappa shape index (κ1) is 12.9. The van der Waals surface area contributed by atoms with Crippen molar-refractivity contribution in [2.75, 3.05) is 18.0 Å². The van der Waals surface area contributed by atoms with Gasteiger partial charge in [0.05, 0.1) is 6.10 Å². The molecule has 1 amide bonds. The molecule has 0 bridgehead atoms. The van der Waals surface area contributed by atoms with Crippen molar-refractivity contribution in [1.29, 1.82) is 0 Å². The van der Waals surface area contributed by atoms with Crippen molar-refractivity contribution in [3.05, 3.63) is 29.8 Å². The summed E-state index contributed by atoms with van der Waals surface area (Å²) in [5.74, 6) is -0.196. The molecule has 1 aliphatic heterocycles. The average molecular weight is 248 g/mol. The Morgan fingerprint density at radius 3 is 2.56 bits per heavy atom. The highest BCUT2D eigenvalue weighted by Gasteiger charge is 2.24. The SMILES string of the molecule is C[C@H](O)c1ccccc1N1CCC(C(N)=O)CC1. The fourth-order valence-corrected chi connectivity index (χ4v) is 2.53. The summed E-state index contributed by atoms with van der Waals surface area (Å²) in [4.78, 5) is 13.4. The summed E-state index contributed by atoms with van der Waals surface area (Å²) in [5.41, 5.74) is 7.34. The van der Waals surface area contributed by atoms with E-state index >= 15 is 0 Å². The molecule has 18 heavy (non-hydrogen) atoms. The maximum absolute atomic E-state index is 11.1. The molecule has 0 radical (unpaired) electrons. The lowest BCUT2D eigenvalue weighted by Crippen LogP contribution is -2.39. The number of hydrogen-bond acceptors (Lipinski definition) is 3. The van der Waals surface area contributed by atoms with Gasteiger partial charge < -0.3 is 15.7 Å². The number of aliphatic hydroxyl groups excluding tert-OH is 1. The van der Waals surface area contributed by atoms with E-state index in [1.165, 1.54) is 0 Å². The topological polar surface area (TPSA) is 66.6 Å². The Kier molecular flexibility index (Phi) is 3.87. The van der Waals surface area contributed by atoms with Gasteiger partial charge in [-0.2, -0.15) is 0 Å². The minimum atomic E-state index is -0.477. The van der Waals surface area contributed by atoms with E-state index in [1.54, 1.807) is 6.92 Å². The average Bonchev–Trinajstić information content (AvgIpc) is 2.39.